The van der Waals surface area contributed by atoms with Crippen LogP contribution in [0.4, 0.5) is 17.1 Å². The van der Waals surface area contributed by atoms with Crippen molar-refractivity contribution in [2.45, 2.75) is 19.3 Å². The smallest absolute Gasteiger partial charge is 0.0546 e. The Hall–Kier alpha value is -6.18. The first-order valence-corrected chi connectivity index (χ1v) is 17.4. The van der Waals surface area contributed by atoms with Crippen LogP contribution in [0.25, 0.3) is 55.3 Å². The van der Waals surface area contributed by atoms with E-state index in [4.69, 9.17) is 0 Å². The Morgan fingerprint density at radius 2 is 0.940 bits per heavy atom. The first kappa shape index (κ1) is 29.9. The summed E-state index contributed by atoms with van der Waals surface area (Å²) in [6.07, 6.45) is 0. The molecule has 1 heteroatoms. The van der Waals surface area contributed by atoms with Gasteiger partial charge in [-0.15, -0.1) is 0 Å². The molecule has 8 aromatic rings. The second-order valence-electron chi connectivity index (χ2n) is 13.8. The van der Waals surface area contributed by atoms with Crippen LogP contribution in [0.5, 0.6) is 0 Å². The van der Waals surface area contributed by atoms with Gasteiger partial charge in [-0.25, -0.2) is 0 Å². The highest BCUT2D eigenvalue weighted by molar-refractivity contribution is 5.99. The van der Waals surface area contributed by atoms with E-state index in [1.807, 2.05) is 0 Å². The van der Waals surface area contributed by atoms with E-state index >= 15 is 0 Å². The quantitative estimate of drug-likeness (QED) is 0.175. The molecule has 1 nitrogen and oxygen atoms in total. The monoisotopic (exact) mass is 639 g/mol. The lowest BCUT2D eigenvalue weighted by atomic mass is 9.82. The zero-order valence-electron chi connectivity index (χ0n) is 28.3. The standard InChI is InChI=1S/C49H37N/c1-49(2)45-25-12-11-23-43(45)44-30-29-41(33-46(44)49)50(40-28-27-35-17-9-10-20-38(35)32-40)47-26-14-24-42(36-18-7-4-8-19-36)48(47)39-22-13-21-37(31-39)34-15-5-3-6-16-34/h3-33H,1-2H3. The second-order valence-corrected chi connectivity index (χ2v) is 13.8. The molecule has 0 bridgehead atoms. The van der Waals surface area contributed by atoms with Crippen molar-refractivity contribution in [2.24, 2.45) is 0 Å². The predicted octanol–water partition coefficient (Wildman–Crippen LogP) is 13.6. The molecule has 0 N–H and O–H groups in total. The highest BCUT2D eigenvalue weighted by atomic mass is 15.1. The van der Waals surface area contributed by atoms with Crippen molar-refractivity contribution in [3.63, 3.8) is 0 Å². The summed E-state index contributed by atoms with van der Waals surface area (Å²) in [5, 5.41) is 2.45. The minimum atomic E-state index is -0.115. The average molecular weight is 640 g/mol. The average Bonchev–Trinajstić information content (AvgIpc) is 3.41. The van der Waals surface area contributed by atoms with Gasteiger partial charge in [0.2, 0.25) is 0 Å². The van der Waals surface area contributed by atoms with Gasteiger partial charge in [0.05, 0.1) is 5.69 Å². The fraction of sp³-hybridized carbons (Fsp3) is 0.0612. The maximum absolute atomic E-state index is 2.47. The molecule has 0 unspecified atom stereocenters. The first-order valence-electron chi connectivity index (χ1n) is 17.4. The topological polar surface area (TPSA) is 3.24 Å². The van der Waals surface area contributed by atoms with Crippen LogP contribution < -0.4 is 4.90 Å². The molecular formula is C49H37N. The molecule has 0 fully saturated rings. The SMILES string of the molecule is CC1(C)c2ccccc2-c2ccc(N(c3ccc4ccccc4c3)c3cccc(-c4ccccc4)c3-c3cccc(-c4ccccc4)c3)cc21. The zero-order valence-corrected chi connectivity index (χ0v) is 28.3. The van der Waals surface area contributed by atoms with E-state index in [0.717, 1.165) is 17.1 Å². The third-order valence-corrected chi connectivity index (χ3v) is 10.4. The summed E-state index contributed by atoms with van der Waals surface area (Å²) in [7, 11) is 0. The van der Waals surface area contributed by atoms with Gasteiger partial charge in [-0.2, -0.15) is 0 Å². The molecule has 0 radical (unpaired) electrons. The van der Waals surface area contributed by atoms with Crippen LogP contribution in [0.1, 0.15) is 25.0 Å². The van der Waals surface area contributed by atoms with E-state index < -0.39 is 0 Å². The van der Waals surface area contributed by atoms with E-state index in [1.54, 1.807) is 0 Å². The van der Waals surface area contributed by atoms with E-state index in [1.165, 1.54) is 66.4 Å². The third-order valence-electron chi connectivity index (χ3n) is 10.4. The van der Waals surface area contributed by atoms with E-state index in [0.29, 0.717) is 0 Å². The molecule has 9 rings (SSSR count). The fourth-order valence-corrected chi connectivity index (χ4v) is 7.95. The van der Waals surface area contributed by atoms with Gasteiger partial charge < -0.3 is 4.90 Å². The minimum absolute atomic E-state index is 0.115. The van der Waals surface area contributed by atoms with Crippen LogP contribution in [0.3, 0.4) is 0 Å². The van der Waals surface area contributed by atoms with Crippen LogP contribution in [0, 0.1) is 0 Å². The lowest BCUT2D eigenvalue weighted by Gasteiger charge is -2.31. The molecule has 0 saturated heterocycles. The lowest BCUT2D eigenvalue weighted by Crippen LogP contribution is -2.17. The number of hydrogen-bond donors (Lipinski definition) is 0. The molecule has 0 spiro atoms. The maximum atomic E-state index is 2.47. The molecule has 50 heavy (non-hydrogen) atoms. The van der Waals surface area contributed by atoms with Gasteiger partial charge in [0, 0.05) is 22.4 Å². The van der Waals surface area contributed by atoms with Crippen LogP contribution >= 0.6 is 0 Å². The third kappa shape index (κ3) is 5.02. The Bertz CT molecular complexity index is 2510. The molecule has 1 aliphatic carbocycles. The van der Waals surface area contributed by atoms with Gasteiger partial charge in [-0.1, -0.05) is 166 Å². The molecule has 0 amide bonds. The Kier molecular flexibility index (Phi) is 7.21. The Labute approximate surface area is 294 Å². The minimum Gasteiger partial charge on any atom is -0.310 e. The van der Waals surface area contributed by atoms with Crippen molar-refractivity contribution in [2.75, 3.05) is 4.90 Å². The van der Waals surface area contributed by atoms with Crippen molar-refractivity contribution in [1.29, 1.82) is 0 Å². The summed E-state index contributed by atoms with van der Waals surface area (Å²) in [5.74, 6) is 0. The van der Waals surface area contributed by atoms with Crippen LogP contribution in [-0.4, -0.2) is 0 Å². The fourth-order valence-electron chi connectivity index (χ4n) is 7.95. The van der Waals surface area contributed by atoms with Crippen molar-refractivity contribution in [3.05, 3.63) is 199 Å². The van der Waals surface area contributed by atoms with Crippen molar-refractivity contribution in [3.8, 4) is 44.5 Å². The van der Waals surface area contributed by atoms with Crippen LogP contribution in [0.15, 0.2) is 188 Å². The molecule has 0 saturated carbocycles. The number of anilines is 3. The number of nitrogens with zero attached hydrogens (tertiary/aromatic N) is 1. The Balaban J connectivity index is 1.32. The number of benzene rings is 8. The summed E-state index contributed by atoms with van der Waals surface area (Å²) in [5.41, 5.74) is 15.9. The van der Waals surface area contributed by atoms with Crippen LogP contribution in [0.2, 0.25) is 0 Å². The maximum Gasteiger partial charge on any atom is 0.0546 e. The van der Waals surface area contributed by atoms with Crippen LogP contribution in [-0.2, 0) is 5.41 Å². The van der Waals surface area contributed by atoms with Gasteiger partial charge in [-0.3, -0.25) is 0 Å². The van der Waals surface area contributed by atoms with Gasteiger partial charge >= 0.3 is 0 Å². The number of fused-ring (bicyclic) bond motifs is 4. The van der Waals surface area contributed by atoms with E-state index in [9.17, 15) is 0 Å². The Morgan fingerprint density at radius 3 is 1.76 bits per heavy atom. The van der Waals surface area contributed by atoms with Crippen molar-refractivity contribution in [1.82, 2.24) is 0 Å². The largest absolute Gasteiger partial charge is 0.310 e. The lowest BCUT2D eigenvalue weighted by molar-refractivity contribution is 0.660. The summed E-state index contributed by atoms with van der Waals surface area (Å²) in [4.78, 5) is 2.47. The molecule has 238 valence electrons. The van der Waals surface area contributed by atoms with E-state index in [-0.39, 0.29) is 5.41 Å². The van der Waals surface area contributed by atoms with Crippen molar-refractivity contribution >= 4 is 27.8 Å². The number of hydrogen-bond acceptors (Lipinski definition) is 1. The molecule has 0 atom stereocenters. The Morgan fingerprint density at radius 1 is 0.360 bits per heavy atom. The van der Waals surface area contributed by atoms with Crippen molar-refractivity contribution < 1.29 is 0 Å². The molecule has 0 aromatic heterocycles. The summed E-state index contributed by atoms with van der Waals surface area (Å²) in [6.45, 7) is 4.72. The van der Waals surface area contributed by atoms with Gasteiger partial charge in [0.1, 0.15) is 0 Å². The second kappa shape index (κ2) is 12.1. The molecule has 1 aliphatic rings. The highest BCUT2D eigenvalue weighted by Crippen LogP contribution is 2.52. The number of rotatable bonds is 6. The molecule has 8 aromatic carbocycles. The van der Waals surface area contributed by atoms with E-state index in [2.05, 4.69) is 207 Å². The highest BCUT2D eigenvalue weighted by Gasteiger charge is 2.36. The summed E-state index contributed by atoms with van der Waals surface area (Å²) < 4.78 is 0. The van der Waals surface area contributed by atoms with Gasteiger partial charge in [0.15, 0.2) is 0 Å². The normalized spacial score (nSPS) is 12.8. The van der Waals surface area contributed by atoms with Gasteiger partial charge in [-0.05, 0) is 97.2 Å². The summed E-state index contributed by atoms with van der Waals surface area (Å²) in [6, 6.07) is 68.7. The predicted molar refractivity (Wildman–Crippen MR) is 213 cm³/mol. The van der Waals surface area contributed by atoms with Gasteiger partial charge in [0.25, 0.3) is 0 Å². The first-order chi connectivity index (χ1) is 24.6. The zero-order chi connectivity index (χ0) is 33.7. The molecule has 0 heterocycles. The summed E-state index contributed by atoms with van der Waals surface area (Å²) >= 11 is 0. The molecular weight excluding hydrogens is 603 g/mol. The molecule has 0 aliphatic heterocycles.